The average Bonchev–Trinajstić information content (AvgIpc) is 2.96. The first-order valence-electron chi connectivity index (χ1n) is 13.1. The van der Waals surface area contributed by atoms with Gasteiger partial charge in [-0.05, 0) is 36.2 Å². The summed E-state index contributed by atoms with van der Waals surface area (Å²) in [6, 6.07) is 7.78. The molecule has 0 radical (unpaired) electrons. The number of carbonyl (C=O) groups excluding carboxylic acids is 2. The minimum absolute atomic E-state index is 0.0398. The predicted molar refractivity (Wildman–Crippen MR) is 141 cm³/mol. The highest BCUT2D eigenvalue weighted by molar-refractivity contribution is 5.93. The van der Waals surface area contributed by atoms with Gasteiger partial charge in [-0.2, -0.15) is 0 Å². The maximum atomic E-state index is 12.9. The van der Waals surface area contributed by atoms with Crippen molar-refractivity contribution in [2.45, 2.75) is 43.4 Å². The van der Waals surface area contributed by atoms with Crippen LogP contribution in [0.3, 0.4) is 0 Å². The van der Waals surface area contributed by atoms with Crippen molar-refractivity contribution < 1.29 is 63.9 Å². The number of esters is 2. The Morgan fingerprint density at radius 3 is 2.45 bits per heavy atom. The van der Waals surface area contributed by atoms with Crippen LogP contribution in [0.1, 0.15) is 16.8 Å². The van der Waals surface area contributed by atoms with E-state index in [4.69, 9.17) is 23.7 Å². The molecule has 224 valence electrons. The molecular formula is C29H30O13. The third kappa shape index (κ3) is 5.65. The molecule has 42 heavy (non-hydrogen) atoms. The fourth-order valence-electron chi connectivity index (χ4n) is 5.25. The Morgan fingerprint density at radius 1 is 1.02 bits per heavy atom. The number of phenolic OH excluding ortho intramolecular Hbond substituents is 3. The van der Waals surface area contributed by atoms with Crippen molar-refractivity contribution in [3.8, 4) is 28.4 Å². The summed E-state index contributed by atoms with van der Waals surface area (Å²) < 4.78 is 27.2. The molecular weight excluding hydrogens is 556 g/mol. The zero-order valence-electron chi connectivity index (χ0n) is 22.1. The summed E-state index contributed by atoms with van der Waals surface area (Å²) in [4.78, 5) is 24.9. The van der Waals surface area contributed by atoms with Crippen LogP contribution in [0, 0.1) is 11.8 Å². The van der Waals surface area contributed by atoms with Crippen LogP contribution >= 0.6 is 0 Å². The highest BCUT2D eigenvalue weighted by Gasteiger charge is 2.47. The lowest BCUT2D eigenvalue weighted by Crippen LogP contribution is -2.60. The smallest absolute Gasteiger partial charge is 0.340 e. The van der Waals surface area contributed by atoms with Gasteiger partial charge in [0.25, 0.3) is 0 Å². The van der Waals surface area contributed by atoms with E-state index < -0.39 is 66.4 Å². The Balaban J connectivity index is 1.27. The minimum Gasteiger partial charge on any atom is -0.508 e. The molecule has 13 heteroatoms. The van der Waals surface area contributed by atoms with Crippen LogP contribution < -0.4 is 0 Å². The fourth-order valence-corrected chi connectivity index (χ4v) is 5.25. The molecule has 0 aliphatic carbocycles. The van der Waals surface area contributed by atoms with Gasteiger partial charge >= 0.3 is 11.9 Å². The van der Waals surface area contributed by atoms with Gasteiger partial charge in [-0.15, -0.1) is 6.58 Å². The monoisotopic (exact) mass is 586 g/mol. The number of rotatable bonds is 7. The largest absolute Gasteiger partial charge is 0.508 e. The highest BCUT2D eigenvalue weighted by atomic mass is 16.7. The molecule has 3 heterocycles. The molecule has 2 aromatic rings. The van der Waals surface area contributed by atoms with Crippen molar-refractivity contribution in [1.29, 1.82) is 0 Å². The first-order chi connectivity index (χ1) is 20.1. The molecule has 0 aromatic heterocycles. The molecule has 5 rings (SSSR count). The zero-order chi connectivity index (χ0) is 30.1. The second-order valence-electron chi connectivity index (χ2n) is 10.1. The Kier molecular flexibility index (Phi) is 8.38. The van der Waals surface area contributed by atoms with Gasteiger partial charge in [0, 0.05) is 11.8 Å². The molecule has 13 nitrogen and oxygen atoms in total. The third-order valence-electron chi connectivity index (χ3n) is 7.46. The highest BCUT2D eigenvalue weighted by Crippen LogP contribution is 2.40. The second-order valence-corrected chi connectivity index (χ2v) is 10.1. The quantitative estimate of drug-likeness (QED) is 0.199. The zero-order valence-corrected chi connectivity index (χ0v) is 22.1. The summed E-state index contributed by atoms with van der Waals surface area (Å²) in [5, 5.41) is 62.1. The van der Waals surface area contributed by atoms with Gasteiger partial charge in [0.05, 0.1) is 36.2 Å². The predicted octanol–water partition coefficient (Wildman–Crippen LogP) is 1.06. The van der Waals surface area contributed by atoms with Crippen LogP contribution in [0.5, 0.6) is 17.2 Å². The van der Waals surface area contributed by atoms with Gasteiger partial charge in [0.2, 0.25) is 12.6 Å². The van der Waals surface area contributed by atoms with E-state index >= 15 is 0 Å². The van der Waals surface area contributed by atoms with E-state index in [0.29, 0.717) is 12.0 Å². The van der Waals surface area contributed by atoms with Crippen LogP contribution in [-0.4, -0.2) is 92.8 Å². The molecule has 3 aliphatic heterocycles. The van der Waals surface area contributed by atoms with Crippen molar-refractivity contribution >= 4 is 11.9 Å². The number of ether oxygens (including phenoxy) is 5. The molecule has 0 saturated carbocycles. The van der Waals surface area contributed by atoms with E-state index in [0.717, 1.165) is 12.1 Å². The number of benzene rings is 2. The Labute approximate surface area is 239 Å². The number of phenols is 3. The van der Waals surface area contributed by atoms with Crippen LogP contribution in [0.15, 0.2) is 60.9 Å². The van der Waals surface area contributed by atoms with E-state index in [1.807, 2.05) is 0 Å². The summed E-state index contributed by atoms with van der Waals surface area (Å²) in [5.41, 5.74) is 0.294. The van der Waals surface area contributed by atoms with Crippen LogP contribution in [0.4, 0.5) is 0 Å². The number of cyclic esters (lactones) is 1. The molecule has 6 N–H and O–H groups in total. The summed E-state index contributed by atoms with van der Waals surface area (Å²) in [5.74, 6) is -3.40. The normalized spacial score (nSPS) is 30.7. The Hall–Kier alpha value is -4.14. The molecule has 2 fully saturated rings. The van der Waals surface area contributed by atoms with E-state index in [2.05, 4.69) is 6.58 Å². The fraction of sp³-hybridized carbons (Fsp3) is 0.379. The van der Waals surface area contributed by atoms with E-state index in [1.54, 1.807) is 6.08 Å². The SMILES string of the molecule is C=C[C@H]1[C@H](OC[C@H]2O[C@@H](OC(=O)c3cc(O)c(-c4cccc(O)c4)c(O)c3)[C@H](O)[C@@H](O)[C@@H]2O)OC=C2C(=O)OCC[C@H]21. The summed E-state index contributed by atoms with van der Waals surface area (Å²) in [7, 11) is 0. The van der Waals surface area contributed by atoms with E-state index in [9.17, 15) is 40.2 Å². The lowest BCUT2D eigenvalue weighted by molar-refractivity contribution is -0.295. The number of carbonyl (C=O) groups is 2. The first-order valence-corrected chi connectivity index (χ1v) is 13.1. The van der Waals surface area contributed by atoms with E-state index in [1.165, 1.54) is 30.5 Å². The van der Waals surface area contributed by atoms with Gasteiger partial charge < -0.3 is 54.3 Å². The minimum atomic E-state index is -1.85. The molecule has 8 atom stereocenters. The summed E-state index contributed by atoms with van der Waals surface area (Å²) in [6.07, 6.45) is -5.86. The van der Waals surface area contributed by atoms with Crippen molar-refractivity contribution in [3.05, 3.63) is 66.5 Å². The molecule has 0 amide bonds. The van der Waals surface area contributed by atoms with Crippen molar-refractivity contribution in [3.63, 3.8) is 0 Å². The molecule has 0 unspecified atom stereocenters. The maximum Gasteiger partial charge on any atom is 0.340 e. The van der Waals surface area contributed by atoms with Gasteiger partial charge in [0.1, 0.15) is 41.7 Å². The number of aromatic hydroxyl groups is 3. The number of aliphatic hydroxyl groups is 3. The van der Waals surface area contributed by atoms with Gasteiger partial charge in [-0.1, -0.05) is 18.2 Å². The van der Waals surface area contributed by atoms with Gasteiger partial charge in [-0.25, -0.2) is 9.59 Å². The van der Waals surface area contributed by atoms with E-state index in [-0.39, 0.29) is 41.6 Å². The van der Waals surface area contributed by atoms with Gasteiger partial charge in [0.15, 0.2) is 0 Å². The molecule has 0 spiro atoms. The van der Waals surface area contributed by atoms with Crippen molar-refractivity contribution in [1.82, 2.24) is 0 Å². The second kappa shape index (κ2) is 12.0. The topological polar surface area (TPSA) is 202 Å². The van der Waals surface area contributed by atoms with Crippen LogP contribution in [0.2, 0.25) is 0 Å². The number of aliphatic hydroxyl groups excluding tert-OH is 3. The third-order valence-corrected chi connectivity index (χ3v) is 7.46. The summed E-state index contributed by atoms with van der Waals surface area (Å²) in [6.45, 7) is 3.66. The average molecular weight is 587 g/mol. The first kappa shape index (κ1) is 29.4. The molecule has 0 bridgehead atoms. The standard InChI is InChI=1S/C29H30O13/c1-2-16-17-6-7-38-27(37)18(17)11-39-28(16)40-12-21-23(33)24(34)25(35)29(41-21)42-26(36)14-9-19(31)22(20(32)10-14)13-4-3-5-15(30)8-13/h2-5,8-11,16-17,21,23-25,28-35H,1,6-7,12H2/t16-,17+,21-,23-,24+,25-,28+,29+/m1/s1. The van der Waals surface area contributed by atoms with Gasteiger partial charge in [-0.3, -0.25) is 0 Å². The Morgan fingerprint density at radius 2 is 1.76 bits per heavy atom. The number of hydrogen-bond acceptors (Lipinski definition) is 13. The maximum absolute atomic E-state index is 12.9. The number of hydrogen-bond donors (Lipinski definition) is 6. The molecule has 2 aromatic carbocycles. The Bertz CT molecular complexity index is 1360. The van der Waals surface area contributed by atoms with Crippen molar-refractivity contribution in [2.75, 3.05) is 13.2 Å². The molecule has 3 aliphatic rings. The van der Waals surface area contributed by atoms with Crippen LogP contribution in [0.25, 0.3) is 11.1 Å². The van der Waals surface area contributed by atoms with Crippen LogP contribution in [-0.2, 0) is 28.5 Å². The number of fused-ring (bicyclic) bond motifs is 1. The summed E-state index contributed by atoms with van der Waals surface area (Å²) >= 11 is 0. The van der Waals surface area contributed by atoms with Crippen molar-refractivity contribution in [2.24, 2.45) is 11.8 Å². The lowest BCUT2D eigenvalue weighted by atomic mass is 9.81. The lowest BCUT2D eigenvalue weighted by Gasteiger charge is -2.41. The molecule has 2 saturated heterocycles.